The second kappa shape index (κ2) is 4.35. The van der Waals surface area contributed by atoms with Gasteiger partial charge < -0.3 is 10.4 Å². The lowest BCUT2D eigenvalue weighted by Gasteiger charge is -2.14. The van der Waals surface area contributed by atoms with E-state index in [9.17, 15) is 4.39 Å². The van der Waals surface area contributed by atoms with Gasteiger partial charge in [-0.1, -0.05) is 6.07 Å². The molecule has 1 aromatic rings. The van der Waals surface area contributed by atoms with E-state index < -0.39 is 0 Å². The Kier molecular flexibility index (Phi) is 3.39. The van der Waals surface area contributed by atoms with Crippen molar-refractivity contribution in [3.05, 3.63) is 35.1 Å². The number of aliphatic hydroxyl groups excluding tert-OH is 1. The Morgan fingerprint density at radius 3 is 2.77 bits per heavy atom. The molecule has 1 atom stereocenters. The van der Waals surface area contributed by atoms with E-state index in [2.05, 4.69) is 5.32 Å². The summed E-state index contributed by atoms with van der Waals surface area (Å²) in [6.07, 6.45) is 0. The molecule has 3 heteroatoms. The molecule has 0 fully saturated rings. The van der Waals surface area contributed by atoms with Crippen LogP contribution in [-0.4, -0.2) is 12.2 Å². The van der Waals surface area contributed by atoms with Crippen LogP contribution in [0.5, 0.6) is 0 Å². The Labute approximate surface area is 77.4 Å². The molecule has 13 heavy (non-hydrogen) atoms. The predicted molar refractivity (Wildman–Crippen MR) is 49.8 cm³/mol. The molecule has 2 N–H and O–H groups in total. The normalized spacial score (nSPS) is 12.9. The molecule has 0 bridgehead atoms. The van der Waals surface area contributed by atoms with Crippen LogP contribution in [-0.2, 0) is 6.61 Å². The summed E-state index contributed by atoms with van der Waals surface area (Å²) in [5, 5.41) is 12.0. The summed E-state index contributed by atoms with van der Waals surface area (Å²) in [7, 11) is 1.83. The lowest BCUT2D eigenvalue weighted by atomic mass is 10.0. The van der Waals surface area contributed by atoms with E-state index in [-0.39, 0.29) is 18.5 Å². The van der Waals surface area contributed by atoms with Gasteiger partial charge in [0.25, 0.3) is 0 Å². The second-order valence-electron chi connectivity index (χ2n) is 3.01. The van der Waals surface area contributed by atoms with E-state index in [0.717, 1.165) is 5.56 Å². The van der Waals surface area contributed by atoms with Crippen molar-refractivity contribution in [1.82, 2.24) is 5.32 Å². The van der Waals surface area contributed by atoms with Gasteiger partial charge in [-0.3, -0.25) is 0 Å². The molecular weight excluding hydrogens is 169 g/mol. The average Bonchev–Trinajstić information content (AvgIpc) is 2.16. The molecule has 1 rings (SSSR count). The van der Waals surface area contributed by atoms with Crippen molar-refractivity contribution >= 4 is 0 Å². The van der Waals surface area contributed by atoms with E-state index in [1.807, 2.05) is 14.0 Å². The minimum Gasteiger partial charge on any atom is -0.392 e. The van der Waals surface area contributed by atoms with Crippen LogP contribution in [0.2, 0.25) is 0 Å². The highest BCUT2D eigenvalue weighted by Crippen LogP contribution is 2.18. The third kappa shape index (κ3) is 2.26. The molecule has 0 radical (unpaired) electrons. The first kappa shape index (κ1) is 10.2. The number of halogens is 1. The van der Waals surface area contributed by atoms with Crippen molar-refractivity contribution in [2.24, 2.45) is 0 Å². The van der Waals surface area contributed by atoms with Crippen LogP contribution in [0.15, 0.2) is 18.2 Å². The summed E-state index contributed by atoms with van der Waals surface area (Å²) < 4.78 is 12.8. The van der Waals surface area contributed by atoms with Gasteiger partial charge in [0.15, 0.2) is 0 Å². The van der Waals surface area contributed by atoms with Gasteiger partial charge in [-0.05, 0) is 37.2 Å². The summed E-state index contributed by atoms with van der Waals surface area (Å²) in [6, 6.07) is 4.59. The van der Waals surface area contributed by atoms with Crippen molar-refractivity contribution < 1.29 is 9.50 Å². The summed E-state index contributed by atoms with van der Waals surface area (Å²) in [6.45, 7) is 1.84. The molecule has 0 saturated heterocycles. The lowest BCUT2D eigenvalue weighted by Crippen LogP contribution is -2.14. The molecule has 0 aliphatic heterocycles. The molecule has 0 amide bonds. The van der Waals surface area contributed by atoms with Crippen LogP contribution < -0.4 is 5.32 Å². The van der Waals surface area contributed by atoms with E-state index in [0.29, 0.717) is 5.56 Å². The summed E-state index contributed by atoms with van der Waals surface area (Å²) in [5.74, 6) is -0.309. The molecule has 72 valence electrons. The maximum atomic E-state index is 12.8. The fourth-order valence-corrected chi connectivity index (χ4v) is 1.29. The third-order valence-electron chi connectivity index (χ3n) is 2.17. The fourth-order valence-electron chi connectivity index (χ4n) is 1.29. The van der Waals surface area contributed by atoms with Gasteiger partial charge in [-0.15, -0.1) is 0 Å². The SMILES string of the molecule is CN[C@H](C)c1ccc(F)cc1CO. The number of aliphatic hydroxyl groups is 1. The fraction of sp³-hybridized carbons (Fsp3) is 0.400. The molecule has 0 aliphatic carbocycles. The Balaban J connectivity index is 3.05. The smallest absolute Gasteiger partial charge is 0.123 e. The Morgan fingerprint density at radius 2 is 2.23 bits per heavy atom. The highest BCUT2D eigenvalue weighted by Gasteiger charge is 2.08. The van der Waals surface area contributed by atoms with Gasteiger partial charge in [0.1, 0.15) is 5.82 Å². The van der Waals surface area contributed by atoms with E-state index >= 15 is 0 Å². The maximum absolute atomic E-state index is 12.8. The first-order chi connectivity index (χ1) is 6.19. The van der Waals surface area contributed by atoms with Crippen molar-refractivity contribution in [2.75, 3.05) is 7.05 Å². The third-order valence-corrected chi connectivity index (χ3v) is 2.17. The van der Waals surface area contributed by atoms with E-state index in [1.165, 1.54) is 12.1 Å². The van der Waals surface area contributed by atoms with E-state index in [4.69, 9.17) is 5.11 Å². The van der Waals surface area contributed by atoms with Crippen LogP contribution in [0.4, 0.5) is 4.39 Å². The Morgan fingerprint density at radius 1 is 1.54 bits per heavy atom. The van der Waals surface area contributed by atoms with Gasteiger partial charge in [0.2, 0.25) is 0 Å². The first-order valence-corrected chi connectivity index (χ1v) is 4.25. The van der Waals surface area contributed by atoms with Crippen molar-refractivity contribution in [1.29, 1.82) is 0 Å². The largest absolute Gasteiger partial charge is 0.392 e. The van der Waals surface area contributed by atoms with Crippen LogP contribution >= 0.6 is 0 Å². The van der Waals surface area contributed by atoms with Crippen LogP contribution in [0.25, 0.3) is 0 Å². The number of rotatable bonds is 3. The number of nitrogens with one attached hydrogen (secondary N) is 1. The molecule has 0 aromatic heterocycles. The van der Waals surface area contributed by atoms with Crippen LogP contribution in [0.1, 0.15) is 24.1 Å². The molecule has 0 unspecified atom stereocenters. The zero-order chi connectivity index (χ0) is 9.84. The van der Waals surface area contributed by atoms with Crippen molar-refractivity contribution in [3.63, 3.8) is 0 Å². The maximum Gasteiger partial charge on any atom is 0.123 e. The average molecular weight is 183 g/mol. The minimum absolute atomic E-state index is 0.126. The Bertz CT molecular complexity index is 288. The van der Waals surface area contributed by atoms with Gasteiger partial charge in [-0.2, -0.15) is 0 Å². The molecule has 0 spiro atoms. The van der Waals surface area contributed by atoms with Gasteiger partial charge in [0, 0.05) is 6.04 Å². The van der Waals surface area contributed by atoms with E-state index in [1.54, 1.807) is 6.07 Å². The molecule has 2 nitrogen and oxygen atoms in total. The summed E-state index contributed by atoms with van der Waals surface area (Å²) in [4.78, 5) is 0. The van der Waals surface area contributed by atoms with Crippen molar-refractivity contribution in [3.8, 4) is 0 Å². The second-order valence-corrected chi connectivity index (χ2v) is 3.01. The Hall–Kier alpha value is -0.930. The minimum atomic E-state index is -0.309. The summed E-state index contributed by atoms with van der Waals surface area (Å²) in [5.41, 5.74) is 1.58. The highest BCUT2D eigenvalue weighted by atomic mass is 19.1. The summed E-state index contributed by atoms with van der Waals surface area (Å²) >= 11 is 0. The molecule has 1 aromatic carbocycles. The zero-order valence-electron chi connectivity index (χ0n) is 7.84. The topological polar surface area (TPSA) is 32.3 Å². The zero-order valence-corrected chi connectivity index (χ0v) is 7.84. The monoisotopic (exact) mass is 183 g/mol. The highest BCUT2D eigenvalue weighted by molar-refractivity contribution is 5.29. The molecule has 0 saturated carbocycles. The number of hydrogen-bond donors (Lipinski definition) is 2. The molecular formula is C10H14FNO. The van der Waals surface area contributed by atoms with Gasteiger partial charge in [-0.25, -0.2) is 4.39 Å². The molecule has 0 aliphatic rings. The molecule has 0 heterocycles. The standard InChI is InChI=1S/C10H14FNO/c1-7(12-2)10-4-3-9(11)5-8(10)6-13/h3-5,7,12-13H,6H2,1-2H3/t7-/m1/s1. The van der Waals surface area contributed by atoms with Crippen molar-refractivity contribution in [2.45, 2.75) is 19.6 Å². The van der Waals surface area contributed by atoms with Crippen LogP contribution in [0, 0.1) is 5.82 Å². The van der Waals surface area contributed by atoms with Crippen LogP contribution in [0.3, 0.4) is 0 Å². The number of benzene rings is 1. The van der Waals surface area contributed by atoms with Gasteiger partial charge in [0.05, 0.1) is 6.61 Å². The predicted octanol–water partition coefficient (Wildman–Crippen LogP) is 1.60. The lowest BCUT2D eigenvalue weighted by molar-refractivity contribution is 0.279. The first-order valence-electron chi connectivity index (χ1n) is 4.25. The number of hydrogen-bond acceptors (Lipinski definition) is 2. The van der Waals surface area contributed by atoms with Gasteiger partial charge >= 0.3 is 0 Å². The quantitative estimate of drug-likeness (QED) is 0.746.